The molecule has 1 saturated carbocycles. The van der Waals surface area contributed by atoms with Gasteiger partial charge >= 0.3 is 0 Å². The standard InChI is InChI=1S/C14H18N6O.2ClH/c15-7-10-3-1-4-11(10)14(21)19-12-5-2-6-17-13(12)20-9-16-8-18-20;;/h2,5-6,8-11H,1,3-4,7,15H2,(H,19,21);2*1H/t10-,11-;;/m1../s1. The molecule has 2 heterocycles. The second-order valence-electron chi connectivity index (χ2n) is 5.24. The van der Waals surface area contributed by atoms with E-state index in [0.29, 0.717) is 18.1 Å². The SMILES string of the molecule is Cl.Cl.NC[C@H]1CCC[C@H]1C(=O)Nc1cccnc1-n1cncn1. The molecule has 1 aliphatic carbocycles. The lowest BCUT2D eigenvalue weighted by atomic mass is 9.95. The molecule has 0 radical (unpaired) electrons. The van der Waals surface area contributed by atoms with Crippen molar-refractivity contribution in [1.82, 2.24) is 19.7 Å². The number of pyridine rings is 1. The monoisotopic (exact) mass is 358 g/mol. The molecule has 2 aromatic heterocycles. The van der Waals surface area contributed by atoms with Gasteiger partial charge in [-0.1, -0.05) is 6.42 Å². The molecule has 0 saturated heterocycles. The Bertz CT molecular complexity index is 621. The molecule has 3 N–H and O–H groups in total. The Hall–Kier alpha value is -1.70. The summed E-state index contributed by atoms with van der Waals surface area (Å²) >= 11 is 0. The Balaban J connectivity index is 0.00000132. The molecule has 7 nitrogen and oxygen atoms in total. The highest BCUT2D eigenvalue weighted by Crippen LogP contribution is 2.32. The molecular formula is C14H20Cl2N6O. The van der Waals surface area contributed by atoms with Gasteiger partial charge in [-0.15, -0.1) is 24.8 Å². The lowest BCUT2D eigenvalue weighted by molar-refractivity contribution is -0.120. The molecule has 1 fully saturated rings. The van der Waals surface area contributed by atoms with Crippen LogP contribution in [0.4, 0.5) is 5.69 Å². The maximum Gasteiger partial charge on any atom is 0.227 e. The van der Waals surface area contributed by atoms with Crippen molar-refractivity contribution >= 4 is 36.4 Å². The number of anilines is 1. The number of rotatable bonds is 4. The fourth-order valence-corrected chi connectivity index (χ4v) is 2.88. The lowest BCUT2D eigenvalue weighted by Gasteiger charge is -2.18. The normalized spacial score (nSPS) is 19.5. The maximum atomic E-state index is 12.5. The molecule has 0 spiro atoms. The van der Waals surface area contributed by atoms with Gasteiger partial charge in [-0.3, -0.25) is 4.79 Å². The lowest BCUT2D eigenvalue weighted by Crippen LogP contribution is -2.30. The molecule has 0 aliphatic heterocycles. The molecule has 0 unspecified atom stereocenters. The van der Waals surface area contributed by atoms with Crippen molar-refractivity contribution in [2.75, 3.05) is 11.9 Å². The third-order valence-electron chi connectivity index (χ3n) is 3.98. The summed E-state index contributed by atoms with van der Waals surface area (Å²) in [4.78, 5) is 20.6. The Labute approximate surface area is 146 Å². The van der Waals surface area contributed by atoms with Crippen molar-refractivity contribution in [3.63, 3.8) is 0 Å². The van der Waals surface area contributed by atoms with Crippen LogP contribution >= 0.6 is 24.8 Å². The maximum absolute atomic E-state index is 12.5. The van der Waals surface area contributed by atoms with Crippen LogP contribution < -0.4 is 11.1 Å². The van der Waals surface area contributed by atoms with E-state index in [2.05, 4.69) is 20.4 Å². The van der Waals surface area contributed by atoms with Crippen molar-refractivity contribution in [2.24, 2.45) is 17.6 Å². The summed E-state index contributed by atoms with van der Waals surface area (Å²) in [6.07, 6.45) is 7.62. The van der Waals surface area contributed by atoms with Gasteiger partial charge in [0.2, 0.25) is 5.91 Å². The van der Waals surface area contributed by atoms with Crippen molar-refractivity contribution < 1.29 is 4.79 Å². The second-order valence-corrected chi connectivity index (χ2v) is 5.24. The van der Waals surface area contributed by atoms with Gasteiger partial charge in [0.25, 0.3) is 0 Å². The molecule has 0 bridgehead atoms. The molecule has 126 valence electrons. The van der Waals surface area contributed by atoms with Gasteiger partial charge in [0.05, 0.1) is 5.69 Å². The Kier molecular flexibility index (Phi) is 7.41. The predicted octanol–water partition coefficient (Wildman–Crippen LogP) is 1.82. The quantitative estimate of drug-likeness (QED) is 0.868. The van der Waals surface area contributed by atoms with Crippen molar-refractivity contribution in [2.45, 2.75) is 19.3 Å². The third kappa shape index (κ3) is 4.19. The number of carbonyl (C=O) groups excluding carboxylic acids is 1. The first-order chi connectivity index (χ1) is 10.3. The Morgan fingerprint density at radius 1 is 1.39 bits per heavy atom. The van der Waals surface area contributed by atoms with E-state index in [9.17, 15) is 4.79 Å². The van der Waals surface area contributed by atoms with Gasteiger partial charge in [-0.2, -0.15) is 5.10 Å². The number of nitrogens with one attached hydrogen (secondary N) is 1. The summed E-state index contributed by atoms with van der Waals surface area (Å²) in [6, 6.07) is 3.60. The first kappa shape index (κ1) is 19.3. The van der Waals surface area contributed by atoms with Crippen LogP contribution in [0.1, 0.15) is 19.3 Å². The fraction of sp³-hybridized carbons (Fsp3) is 0.429. The molecule has 23 heavy (non-hydrogen) atoms. The smallest absolute Gasteiger partial charge is 0.227 e. The Morgan fingerprint density at radius 2 is 2.22 bits per heavy atom. The van der Waals surface area contributed by atoms with E-state index in [1.807, 2.05) is 6.07 Å². The zero-order chi connectivity index (χ0) is 14.7. The number of carbonyl (C=O) groups is 1. The topological polar surface area (TPSA) is 98.7 Å². The zero-order valence-electron chi connectivity index (χ0n) is 12.5. The van der Waals surface area contributed by atoms with E-state index in [-0.39, 0.29) is 42.6 Å². The van der Waals surface area contributed by atoms with Crippen LogP contribution in [0.5, 0.6) is 0 Å². The first-order valence-electron chi connectivity index (χ1n) is 7.10. The van der Waals surface area contributed by atoms with Crippen LogP contribution in [0.25, 0.3) is 5.82 Å². The summed E-state index contributed by atoms with van der Waals surface area (Å²) in [5.74, 6) is 0.832. The number of hydrogen-bond acceptors (Lipinski definition) is 5. The van der Waals surface area contributed by atoms with Crippen LogP contribution in [0.3, 0.4) is 0 Å². The van der Waals surface area contributed by atoms with Gasteiger partial charge in [0.15, 0.2) is 5.82 Å². The predicted molar refractivity (Wildman–Crippen MR) is 92.2 cm³/mol. The highest BCUT2D eigenvalue weighted by atomic mass is 35.5. The summed E-state index contributed by atoms with van der Waals surface area (Å²) in [7, 11) is 0. The summed E-state index contributed by atoms with van der Waals surface area (Å²) < 4.78 is 1.53. The molecular weight excluding hydrogens is 339 g/mol. The molecule has 1 amide bonds. The molecule has 2 aromatic rings. The highest BCUT2D eigenvalue weighted by molar-refractivity contribution is 5.94. The zero-order valence-corrected chi connectivity index (χ0v) is 14.1. The van der Waals surface area contributed by atoms with Gasteiger partial charge in [-0.05, 0) is 37.4 Å². The number of aromatic nitrogens is 4. The average molecular weight is 359 g/mol. The van der Waals surface area contributed by atoms with Gasteiger partial charge in [0, 0.05) is 12.1 Å². The van der Waals surface area contributed by atoms with Crippen LogP contribution in [-0.2, 0) is 4.79 Å². The van der Waals surface area contributed by atoms with Crippen LogP contribution in [0.2, 0.25) is 0 Å². The summed E-state index contributed by atoms with van der Waals surface area (Å²) in [6.45, 7) is 0.557. The molecule has 2 atom stereocenters. The van der Waals surface area contributed by atoms with Crippen LogP contribution in [-0.4, -0.2) is 32.2 Å². The number of hydrogen-bond donors (Lipinski definition) is 2. The molecule has 3 rings (SSSR count). The van der Waals surface area contributed by atoms with Crippen molar-refractivity contribution in [3.05, 3.63) is 31.0 Å². The third-order valence-corrected chi connectivity index (χ3v) is 3.98. The van der Waals surface area contributed by atoms with E-state index in [1.165, 1.54) is 11.0 Å². The summed E-state index contributed by atoms with van der Waals surface area (Å²) in [5.41, 5.74) is 6.38. The largest absolute Gasteiger partial charge is 0.330 e. The fourth-order valence-electron chi connectivity index (χ4n) is 2.88. The molecule has 9 heteroatoms. The number of halogens is 2. The minimum Gasteiger partial charge on any atom is -0.330 e. The Morgan fingerprint density at radius 3 is 2.91 bits per heavy atom. The minimum absolute atomic E-state index is 0. The average Bonchev–Trinajstić information content (AvgIpc) is 3.19. The number of amides is 1. The van der Waals surface area contributed by atoms with Gasteiger partial charge in [0.1, 0.15) is 12.7 Å². The van der Waals surface area contributed by atoms with E-state index in [4.69, 9.17) is 5.73 Å². The molecule has 0 aromatic carbocycles. The number of nitrogens with two attached hydrogens (primary N) is 1. The minimum atomic E-state index is -0.0150. The van der Waals surface area contributed by atoms with Crippen LogP contribution in [0.15, 0.2) is 31.0 Å². The summed E-state index contributed by atoms with van der Waals surface area (Å²) in [5, 5.41) is 7.01. The molecule has 1 aliphatic rings. The van der Waals surface area contributed by atoms with Crippen molar-refractivity contribution in [1.29, 1.82) is 0 Å². The van der Waals surface area contributed by atoms with E-state index >= 15 is 0 Å². The van der Waals surface area contributed by atoms with E-state index in [0.717, 1.165) is 19.3 Å². The van der Waals surface area contributed by atoms with Crippen molar-refractivity contribution in [3.8, 4) is 5.82 Å². The first-order valence-corrected chi connectivity index (χ1v) is 7.10. The van der Waals surface area contributed by atoms with E-state index in [1.54, 1.807) is 18.6 Å². The van der Waals surface area contributed by atoms with Gasteiger partial charge in [-0.25, -0.2) is 14.6 Å². The van der Waals surface area contributed by atoms with Gasteiger partial charge < -0.3 is 11.1 Å². The van der Waals surface area contributed by atoms with E-state index < -0.39 is 0 Å². The highest BCUT2D eigenvalue weighted by Gasteiger charge is 2.32. The number of nitrogens with zero attached hydrogens (tertiary/aromatic N) is 4. The van der Waals surface area contributed by atoms with Crippen LogP contribution in [0, 0.1) is 11.8 Å². The second kappa shape index (κ2) is 8.81.